The Morgan fingerprint density at radius 1 is 1.28 bits per heavy atom. The zero-order valence-electron chi connectivity index (χ0n) is 16.7. The van der Waals surface area contributed by atoms with E-state index in [1.54, 1.807) is 19.1 Å². The number of aliphatic hydroxyl groups is 1. The highest BCUT2D eigenvalue weighted by molar-refractivity contribution is 7.09. The van der Waals surface area contributed by atoms with Gasteiger partial charge in [-0.15, -0.1) is 11.3 Å². The van der Waals surface area contributed by atoms with Gasteiger partial charge in [-0.1, -0.05) is 26.0 Å². The van der Waals surface area contributed by atoms with Gasteiger partial charge in [0.05, 0.1) is 24.8 Å². The SMILES string of the molecule is CCOc1cc(C2C(C(=O)CC(C)C)=C(O)C(=O)N2Cc2cccs2)ccc1O. The van der Waals surface area contributed by atoms with E-state index in [1.165, 1.54) is 22.3 Å². The summed E-state index contributed by atoms with van der Waals surface area (Å²) < 4.78 is 5.48. The molecule has 1 aliphatic rings. The number of carbonyl (C=O) groups excluding carboxylic acids is 2. The van der Waals surface area contributed by atoms with Gasteiger partial charge in [-0.05, 0) is 42.0 Å². The van der Waals surface area contributed by atoms with Gasteiger partial charge in [-0.25, -0.2) is 0 Å². The second-order valence-corrected chi connectivity index (χ2v) is 8.39. The number of Topliss-reactive ketones (excluding diaryl/α,β-unsaturated/α-hetero) is 1. The number of benzene rings is 1. The normalized spacial score (nSPS) is 16.8. The molecule has 1 aliphatic heterocycles. The van der Waals surface area contributed by atoms with E-state index in [2.05, 4.69) is 0 Å². The maximum atomic E-state index is 12.9. The molecule has 2 N–H and O–H groups in total. The summed E-state index contributed by atoms with van der Waals surface area (Å²) in [4.78, 5) is 28.3. The van der Waals surface area contributed by atoms with Gasteiger partial charge >= 0.3 is 0 Å². The zero-order chi connectivity index (χ0) is 21.1. The predicted molar refractivity (Wildman–Crippen MR) is 111 cm³/mol. The minimum atomic E-state index is -0.740. The van der Waals surface area contributed by atoms with Crippen LogP contribution >= 0.6 is 11.3 Å². The molecule has 2 aromatic rings. The molecule has 0 aliphatic carbocycles. The summed E-state index contributed by atoms with van der Waals surface area (Å²) in [6, 6.07) is 7.81. The van der Waals surface area contributed by atoms with Gasteiger partial charge in [0.1, 0.15) is 0 Å². The number of carbonyl (C=O) groups is 2. The van der Waals surface area contributed by atoms with Gasteiger partial charge in [0.15, 0.2) is 23.0 Å². The van der Waals surface area contributed by atoms with E-state index < -0.39 is 17.7 Å². The van der Waals surface area contributed by atoms with Crippen LogP contribution < -0.4 is 4.74 Å². The number of rotatable bonds is 8. The maximum Gasteiger partial charge on any atom is 0.290 e. The van der Waals surface area contributed by atoms with Crippen LogP contribution in [0.2, 0.25) is 0 Å². The third-order valence-electron chi connectivity index (χ3n) is 4.70. The van der Waals surface area contributed by atoms with Gasteiger partial charge in [-0.2, -0.15) is 0 Å². The minimum Gasteiger partial charge on any atom is -0.504 e. The number of aromatic hydroxyl groups is 1. The molecule has 154 valence electrons. The zero-order valence-corrected chi connectivity index (χ0v) is 17.5. The molecule has 0 radical (unpaired) electrons. The molecule has 1 unspecified atom stereocenters. The molecule has 1 aromatic heterocycles. The molecule has 0 bridgehead atoms. The van der Waals surface area contributed by atoms with Crippen LogP contribution in [0, 0.1) is 5.92 Å². The molecule has 1 aromatic carbocycles. The van der Waals surface area contributed by atoms with Crippen LogP contribution in [0.25, 0.3) is 0 Å². The molecule has 0 saturated heterocycles. The maximum absolute atomic E-state index is 12.9. The number of thiophene rings is 1. The fourth-order valence-corrected chi connectivity index (χ4v) is 4.17. The molecule has 1 atom stereocenters. The lowest BCUT2D eigenvalue weighted by Crippen LogP contribution is -2.30. The smallest absolute Gasteiger partial charge is 0.290 e. The third-order valence-corrected chi connectivity index (χ3v) is 5.56. The molecule has 0 fully saturated rings. The Labute approximate surface area is 174 Å². The summed E-state index contributed by atoms with van der Waals surface area (Å²) in [5.41, 5.74) is 0.709. The largest absolute Gasteiger partial charge is 0.504 e. The van der Waals surface area contributed by atoms with Gasteiger partial charge in [0, 0.05) is 11.3 Å². The molecule has 6 nitrogen and oxygen atoms in total. The minimum absolute atomic E-state index is 0.0204. The van der Waals surface area contributed by atoms with Crippen molar-refractivity contribution in [2.45, 2.75) is 39.8 Å². The molecule has 29 heavy (non-hydrogen) atoms. The van der Waals surface area contributed by atoms with Gasteiger partial charge in [0.2, 0.25) is 0 Å². The predicted octanol–water partition coefficient (Wildman–Crippen LogP) is 4.36. The molecular weight excluding hydrogens is 390 g/mol. The first kappa shape index (κ1) is 20.9. The Kier molecular flexibility index (Phi) is 6.27. The van der Waals surface area contributed by atoms with Crippen LogP contribution in [-0.4, -0.2) is 33.4 Å². The van der Waals surface area contributed by atoms with E-state index >= 15 is 0 Å². The molecule has 0 saturated carbocycles. The van der Waals surface area contributed by atoms with Crippen molar-refractivity contribution in [1.29, 1.82) is 0 Å². The van der Waals surface area contributed by atoms with Gasteiger partial charge in [0.25, 0.3) is 5.91 Å². The van der Waals surface area contributed by atoms with Crippen LogP contribution in [0.15, 0.2) is 47.0 Å². The Hall–Kier alpha value is -2.80. The molecule has 7 heteroatoms. The average Bonchev–Trinajstić information content (AvgIpc) is 3.25. The summed E-state index contributed by atoms with van der Waals surface area (Å²) >= 11 is 1.50. The van der Waals surface area contributed by atoms with Crippen molar-refractivity contribution in [1.82, 2.24) is 4.90 Å². The van der Waals surface area contributed by atoms with E-state index in [1.807, 2.05) is 31.4 Å². The van der Waals surface area contributed by atoms with Crippen LogP contribution in [0.3, 0.4) is 0 Å². The van der Waals surface area contributed by atoms with Crippen molar-refractivity contribution in [3.8, 4) is 11.5 Å². The fraction of sp³-hybridized carbons (Fsp3) is 0.364. The number of ketones is 1. The summed E-state index contributed by atoms with van der Waals surface area (Å²) in [7, 11) is 0. The quantitative estimate of drug-likeness (QED) is 0.669. The summed E-state index contributed by atoms with van der Waals surface area (Å²) in [6.07, 6.45) is 0.229. The third kappa shape index (κ3) is 4.29. The van der Waals surface area contributed by atoms with E-state index in [9.17, 15) is 19.8 Å². The van der Waals surface area contributed by atoms with Gasteiger partial charge < -0.3 is 19.8 Å². The monoisotopic (exact) mass is 415 g/mol. The van der Waals surface area contributed by atoms with Crippen molar-refractivity contribution in [3.63, 3.8) is 0 Å². The second kappa shape index (κ2) is 8.69. The average molecular weight is 416 g/mol. The topological polar surface area (TPSA) is 87.1 Å². The first-order valence-electron chi connectivity index (χ1n) is 9.58. The number of amides is 1. The Bertz CT molecular complexity index is 933. The Balaban J connectivity index is 2.08. The summed E-state index contributed by atoms with van der Waals surface area (Å²) in [5, 5.41) is 22.6. The summed E-state index contributed by atoms with van der Waals surface area (Å²) in [6.45, 7) is 6.27. The highest BCUT2D eigenvalue weighted by atomic mass is 32.1. The number of hydrogen-bond donors (Lipinski definition) is 2. The summed E-state index contributed by atoms with van der Waals surface area (Å²) in [5.74, 6) is -0.979. The molecule has 1 amide bonds. The molecular formula is C22H25NO5S. The van der Waals surface area contributed by atoms with Crippen LogP contribution in [0.4, 0.5) is 0 Å². The lowest BCUT2D eigenvalue weighted by Gasteiger charge is -2.27. The molecule has 0 spiro atoms. The van der Waals surface area contributed by atoms with E-state index in [0.717, 1.165) is 4.88 Å². The first-order valence-corrected chi connectivity index (χ1v) is 10.5. The Morgan fingerprint density at radius 2 is 2.03 bits per heavy atom. The van der Waals surface area contributed by atoms with Crippen LogP contribution in [0.1, 0.15) is 43.7 Å². The number of phenolic OH excluding ortho intramolecular Hbond substituents is 1. The van der Waals surface area contributed by atoms with Gasteiger partial charge in [-0.3, -0.25) is 9.59 Å². The van der Waals surface area contributed by atoms with Crippen molar-refractivity contribution in [2.24, 2.45) is 5.92 Å². The molecule has 3 rings (SSSR count). The van der Waals surface area contributed by atoms with E-state index in [4.69, 9.17) is 4.74 Å². The lowest BCUT2D eigenvalue weighted by molar-refractivity contribution is -0.130. The van der Waals surface area contributed by atoms with Crippen molar-refractivity contribution in [3.05, 3.63) is 57.5 Å². The Morgan fingerprint density at radius 3 is 2.66 bits per heavy atom. The number of aliphatic hydroxyl groups excluding tert-OH is 1. The number of hydrogen-bond acceptors (Lipinski definition) is 6. The fourth-order valence-electron chi connectivity index (χ4n) is 3.47. The second-order valence-electron chi connectivity index (χ2n) is 7.36. The van der Waals surface area contributed by atoms with Crippen molar-refractivity contribution in [2.75, 3.05) is 6.61 Å². The first-order chi connectivity index (χ1) is 13.8. The highest BCUT2D eigenvalue weighted by Gasteiger charge is 2.43. The van der Waals surface area contributed by atoms with Crippen molar-refractivity contribution >= 4 is 23.0 Å². The number of nitrogens with zero attached hydrogens (tertiary/aromatic N) is 1. The number of ether oxygens (including phenoxy) is 1. The van der Waals surface area contributed by atoms with E-state index in [0.29, 0.717) is 12.2 Å². The number of phenols is 1. The highest BCUT2D eigenvalue weighted by Crippen LogP contribution is 2.42. The standard InChI is InChI=1S/C22H25NO5S/c1-4-28-18-11-14(7-8-16(18)24)20-19(17(25)10-13(2)3)21(26)22(27)23(20)12-15-6-5-9-29-15/h5-9,11,13,20,24,26H,4,10,12H2,1-3H3. The van der Waals surface area contributed by atoms with Crippen LogP contribution in [-0.2, 0) is 16.1 Å². The molecule has 2 heterocycles. The van der Waals surface area contributed by atoms with Crippen molar-refractivity contribution < 1.29 is 24.5 Å². The van der Waals surface area contributed by atoms with E-state index in [-0.39, 0.29) is 41.7 Å². The van der Waals surface area contributed by atoms with Crippen LogP contribution in [0.5, 0.6) is 11.5 Å². The lowest BCUT2D eigenvalue weighted by atomic mass is 9.92.